The summed E-state index contributed by atoms with van der Waals surface area (Å²) >= 11 is 0. The normalized spacial score (nSPS) is 19.7. The minimum Gasteiger partial charge on any atom is -0.468 e. The average Bonchev–Trinajstić information content (AvgIpc) is 2.66. The van der Waals surface area contributed by atoms with Crippen LogP contribution >= 0.6 is 0 Å². The van der Waals surface area contributed by atoms with Crippen molar-refractivity contribution >= 4 is 18.6 Å². The van der Waals surface area contributed by atoms with Crippen LogP contribution in [-0.2, 0) is 24.3 Å². The zero-order chi connectivity index (χ0) is 17.6. The second-order valence-electron chi connectivity index (χ2n) is 7.44. The van der Waals surface area contributed by atoms with Crippen LogP contribution in [0, 0.1) is 5.82 Å². The fourth-order valence-electron chi connectivity index (χ4n) is 2.51. The second-order valence-corrected chi connectivity index (χ2v) is 7.44. The van der Waals surface area contributed by atoms with Crippen LogP contribution in [0.15, 0.2) is 18.2 Å². The quantitative estimate of drug-likeness (QED) is 0.634. The Kier molecular flexibility index (Phi) is 4.37. The molecule has 0 saturated carbocycles. The number of hydrogen-bond donors (Lipinski definition) is 0. The maximum absolute atomic E-state index is 14.3. The molecule has 1 aliphatic heterocycles. The molecule has 1 saturated heterocycles. The van der Waals surface area contributed by atoms with Gasteiger partial charge in [0.15, 0.2) is 0 Å². The lowest BCUT2D eigenvalue weighted by Crippen LogP contribution is -2.41. The fourth-order valence-corrected chi connectivity index (χ4v) is 2.51. The van der Waals surface area contributed by atoms with Crippen molar-refractivity contribution in [1.29, 1.82) is 0 Å². The molecule has 0 atom stereocenters. The fraction of sp³-hybridized carbons (Fsp3) is 0.588. The highest BCUT2D eigenvalue weighted by atomic mass is 19.1. The molecule has 0 spiro atoms. The first-order valence-corrected chi connectivity index (χ1v) is 7.66. The summed E-state index contributed by atoms with van der Waals surface area (Å²) in [5.41, 5.74) is -1.12. The topological polar surface area (TPSA) is 44.8 Å². The summed E-state index contributed by atoms with van der Waals surface area (Å²) in [7, 11) is 0.688. The molecule has 0 aliphatic carbocycles. The molecule has 1 aromatic carbocycles. The van der Waals surface area contributed by atoms with Crippen LogP contribution in [0.25, 0.3) is 0 Å². The number of methoxy groups -OCH3 is 1. The molecule has 1 aliphatic rings. The van der Waals surface area contributed by atoms with Crippen LogP contribution in [-0.4, -0.2) is 31.4 Å². The van der Waals surface area contributed by atoms with Gasteiger partial charge in [-0.15, -0.1) is 0 Å². The molecule has 126 valence electrons. The lowest BCUT2D eigenvalue weighted by molar-refractivity contribution is -0.146. The lowest BCUT2D eigenvalue weighted by atomic mass is 9.74. The van der Waals surface area contributed by atoms with Gasteiger partial charge < -0.3 is 14.0 Å². The van der Waals surface area contributed by atoms with Gasteiger partial charge in [0.2, 0.25) is 0 Å². The Morgan fingerprint density at radius 3 is 2.17 bits per heavy atom. The van der Waals surface area contributed by atoms with Gasteiger partial charge in [-0.2, -0.15) is 0 Å². The van der Waals surface area contributed by atoms with Crippen LogP contribution in [0.2, 0.25) is 0 Å². The first kappa shape index (κ1) is 18.0. The summed E-state index contributed by atoms with van der Waals surface area (Å²) in [4.78, 5) is 12.0. The number of hydrogen-bond acceptors (Lipinski definition) is 4. The number of ether oxygens (including phenoxy) is 1. The molecule has 1 aromatic rings. The average molecular weight is 322 g/mol. The van der Waals surface area contributed by atoms with E-state index in [4.69, 9.17) is 14.0 Å². The Morgan fingerprint density at radius 2 is 1.70 bits per heavy atom. The molecule has 1 fully saturated rings. The van der Waals surface area contributed by atoms with E-state index in [0.717, 1.165) is 0 Å². The SMILES string of the molecule is COC(=O)C(C)(C)c1cc(B2OC(C)(C)C(C)(C)O2)ccc1F. The van der Waals surface area contributed by atoms with E-state index in [0.29, 0.717) is 5.46 Å². The highest BCUT2D eigenvalue weighted by molar-refractivity contribution is 6.62. The number of carbonyl (C=O) groups is 1. The maximum Gasteiger partial charge on any atom is 0.494 e. The van der Waals surface area contributed by atoms with Crippen LogP contribution in [0.3, 0.4) is 0 Å². The Bertz CT molecular complexity index is 609. The molecule has 0 N–H and O–H groups in total. The van der Waals surface area contributed by atoms with Gasteiger partial charge >= 0.3 is 13.1 Å². The Balaban J connectivity index is 2.41. The minimum absolute atomic E-state index is 0.261. The van der Waals surface area contributed by atoms with Crippen molar-refractivity contribution in [2.75, 3.05) is 7.11 Å². The number of benzene rings is 1. The van der Waals surface area contributed by atoms with Crippen LogP contribution in [0.1, 0.15) is 47.1 Å². The minimum atomic E-state index is -1.10. The third-order valence-electron chi connectivity index (χ3n) is 4.88. The smallest absolute Gasteiger partial charge is 0.468 e. The van der Waals surface area contributed by atoms with Gasteiger partial charge in [0.25, 0.3) is 0 Å². The van der Waals surface area contributed by atoms with Gasteiger partial charge in [-0.3, -0.25) is 4.79 Å². The third-order valence-corrected chi connectivity index (χ3v) is 4.88. The van der Waals surface area contributed by atoms with Gasteiger partial charge in [-0.1, -0.05) is 12.1 Å². The second kappa shape index (κ2) is 5.60. The maximum atomic E-state index is 14.3. The van der Waals surface area contributed by atoms with Crippen LogP contribution < -0.4 is 5.46 Å². The standard InChI is InChI=1S/C17H24BFO4/c1-15(2,14(20)21-7)12-10-11(8-9-13(12)19)18-22-16(3,4)17(5,6)23-18/h8-10H,1-7H3. The van der Waals surface area contributed by atoms with Crippen molar-refractivity contribution in [3.8, 4) is 0 Å². The molecule has 1 heterocycles. The zero-order valence-corrected chi connectivity index (χ0v) is 14.8. The van der Waals surface area contributed by atoms with E-state index in [1.165, 1.54) is 13.2 Å². The van der Waals surface area contributed by atoms with Crippen molar-refractivity contribution in [3.05, 3.63) is 29.6 Å². The summed E-state index contributed by atoms with van der Waals surface area (Å²) in [6.07, 6.45) is 0. The number of halogens is 1. The highest BCUT2D eigenvalue weighted by Crippen LogP contribution is 2.37. The van der Waals surface area contributed by atoms with Crippen LogP contribution in [0.5, 0.6) is 0 Å². The number of rotatable bonds is 3. The number of carbonyl (C=O) groups excluding carboxylic acids is 1. The summed E-state index contributed by atoms with van der Waals surface area (Å²) in [5, 5.41) is 0. The number of esters is 1. The van der Waals surface area contributed by atoms with E-state index in [1.807, 2.05) is 27.7 Å². The summed E-state index contributed by atoms with van der Waals surface area (Å²) in [6.45, 7) is 11.1. The molecule has 2 rings (SSSR count). The van der Waals surface area contributed by atoms with Gasteiger partial charge in [0, 0.05) is 5.56 Å². The van der Waals surface area contributed by atoms with E-state index in [9.17, 15) is 9.18 Å². The van der Waals surface area contributed by atoms with Crippen molar-refractivity contribution in [2.45, 2.75) is 58.2 Å². The Morgan fingerprint density at radius 1 is 1.17 bits per heavy atom. The van der Waals surface area contributed by atoms with Gasteiger partial charge in [-0.05, 0) is 53.1 Å². The predicted octanol–water partition coefficient (Wildman–Crippen LogP) is 2.58. The zero-order valence-electron chi connectivity index (χ0n) is 14.8. The lowest BCUT2D eigenvalue weighted by Gasteiger charge is -2.32. The monoisotopic (exact) mass is 322 g/mol. The first-order valence-electron chi connectivity index (χ1n) is 7.66. The molecule has 0 aromatic heterocycles. The molecule has 23 heavy (non-hydrogen) atoms. The van der Waals surface area contributed by atoms with E-state index >= 15 is 0 Å². The Labute approximate surface area is 137 Å². The van der Waals surface area contributed by atoms with E-state index in [2.05, 4.69) is 0 Å². The highest BCUT2D eigenvalue weighted by Gasteiger charge is 2.52. The molecule has 4 nitrogen and oxygen atoms in total. The Hall–Kier alpha value is -1.40. The first-order chi connectivity index (χ1) is 10.4. The van der Waals surface area contributed by atoms with Gasteiger partial charge in [0.1, 0.15) is 5.82 Å². The van der Waals surface area contributed by atoms with Crippen LogP contribution in [0.4, 0.5) is 4.39 Å². The molecular formula is C17H24BFO4. The predicted molar refractivity (Wildman–Crippen MR) is 87.2 cm³/mol. The van der Waals surface area contributed by atoms with Gasteiger partial charge in [-0.25, -0.2) is 4.39 Å². The molecule has 0 amide bonds. The summed E-state index contributed by atoms with van der Waals surface area (Å²) < 4.78 is 31.0. The van der Waals surface area contributed by atoms with E-state index in [1.54, 1.807) is 26.0 Å². The van der Waals surface area contributed by atoms with Gasteiger partial charge in [0.05, 0.1) is 23.7 Å². The van der Waals surface area contributed by atoms with Crippen molar-refractivity contribution in [3.63, 3.8) is 0 Å². The molecule has 0 bridgehead atoms. The largest absolute Gasteiger partial charge is 0.494 e. The third kappa shape index (κ3) is 3.02. The van der Waals surface area contributed by atoms with Crippen molar-refractivity contribution in [2.24, 2.45) is 0 Å². The molecular weight excluding hydrogens is 298 g/mol. The van der Waals surface area contributed by atoms with E-state index < -0.39 is 35.5 Å². The molecule has 6 heteroatoms. The summed E-state index contributed by atoms with van der Waals surface area (Å²) in [6, 6.07) is 4.57. The van der Waals surface area contributed by atoms with Crippen molar-refractivity contribution < 1.29 is 23.2 Å². The molecule has 0 radical (unpaired) electrons. The van der Waals surface area contributed by atoms with E-state index in [-0.39, 0.29) is 5.56 Å². The van der Waals surface area contributed by atoms with Crippen molar-refractivity contribution in [1.82, 2.24) is 0 Å². The molecule has 0 unspecified atom stereocenters. The summed E-state index contributed by atoms with van der Waals surface area (Å²) in [5.74, 6) is -0.955.